The number of nitrogens with one attached hydrogen (secondary N) is 1. The molecule has 1 aliphatic rings. The van der Waals surface area contributed by atoms with Crippen LogP contribution in [0.4, 0.5) is 0 Å². The van der Waals surface area contributed by atoms with E-state index in [0.717, 1.165) is 47.1 Å². The smallest absolute Gasteiger partial charge is 0.211 e. The summed E-state index contributed by atoms with van der Waals surface area (Å²) in [5, 5.41) is 0. The average molecular weight is 479 g/mol. The van der Waals surface area contributed by atoms with Crippen LogP contribution >= 0.6 is 0 Å². The summed E-state index contributed by atoms with van der Waals surface area (Å²) in [6.45, 7) is 10.1. The molecule has 1 fully saturated rings. The summed E-state index contributed by atoms with van der Waals surface area (Å²) in [6, 6.07) is 8.66. The van der Waals surface area contributed by atoms with E-state index in [1.54, 1.807) is 28.6 Å². The van der Waals surface area contributed by atoms with Crippen LogP contribution < -0.4 is 4.72 Å². The highest BCUT2D eigenvalue weighted by Gasteiger charge is 2.33. The fraction of sp³-hybridized carbons (Fsp3) is 0.500. The van der Waals surface area contributed by atoms with Crippen LogP contribution in [0.25, 0.3) is 0 Å². The monoisotopic (exact) mass is 478 g/mol. The predicted molar refractivity (Wildman–Crippen MR) is 128 cm³/mol. The molecule has 0 spiro atoms. The van der Waals surface area contributed by atoms with Gasteiger partial charge in [-0.25, -0.2) is 21.6 Å². The zero-order chi connectivity index (χ0) is 23.7. The number of hydrogen-bond donors (Lipinski definition) is 1. The number of nitrogens with zero attached hydrogens (tertiary/aromatic N) is 1. The normalized spacial score (nSPS) is 18.1. The number of piperidine rings is 1. The first-order chi connectivity index (χ1) is 14.9. The molecular weight excluding hydrogens is 444 g/mol. The van der Waals surface area contributed by atoms with Crippen LogP contribution in [0.2, 0.25) is 0 Å². The van der Waals surface area contributed by atoms with Crippen LogP contribution in [0.15, 0.2) is 40.1 Å². The minimum atomic E-state index is -3.70. The molecule has 8 heteroatoms. The van der Waals surface area contributed by atoms with Crippen LogP contribution in [0.3, 0.4) is 0 Å². The molecule has 0 amide bonds. The third-order valence-electron chi connectivity index (χ3n) is 6.54. The molecule has 1 heterocycles. The second-order valence-electron chi connectivity index (χ2n) is 8.85. The molecule has 0 aromatic heterocycles. The third kappa shape index (κ3) is 5.09. The highest BCUT2D eigenvalue weighted by atomic mass is 32.2. The van der Waals surface area contributed by atoms with Crippen molar-refractivity contribution in [2.24, 2.45) is 0 Å². The lowest BCUT2D eigenvalue weighted by Crippen LogP contribution is -2.45. The van der Waals surface area contributed by atoms with Crippen LogP contribution in [0.1, 0.15) is 53.5 Å². The number of benzene rings is 2. The molecule has 0 saturated carbocycles. The molecule has 2 aromatic carbocycles. The molecule has 1 unspecified atom stereocenters. The molecule has 3 rings (SSSR count). The number of hydrogen-bond acceptors (Lipinski definition) is 4. The van der Waals surface area contributed by atoms with E-state index in [1.165, 1.54) is 0 Å². The fourth-order valence-corrected chi connectivity index (χ4v) is 7.82. The summed E-state index contributed by atoms with van der Waals surface area (Å²) < 4.78 is 57.0. The van der Waals surface area contributed by atoms with Gasteiger partial charge in [0.05, 0.1) is 9.79 Å². The van der Waals surface area contributed by atoms with Gasteiger partial charge >= 0.3 is 0 Å². The van der Waals surface area contributed by atoms with Crippen molar-refractivity contribution in [1.82, 2.24) is 9.03 Å². The lowest BCUT2D eigenvalue weighted by atomic mass is 10.0. The topological polar surface area (TPSA) is 83.6 Å². The Balaban J connectivity index is 1.76. The van der Waals surface area contributed by atoms with Gasteiger partial charge in [0.2, 0.25) is 20.0 Å². The van der Waals surface area contributed by atoms with Gasteiger partial charge in [-0.2, -0.15) is 4.31 Å². The largest absolute Gasteiger partial charge is 0.243 e. The van der Waals surface area contributed by atoms with E-state index in [9.17, 15) is 16.8 Å². The Kier molecular flexibility index (Phi) is 7.49. The van der Waals surface area contributed by atoms with Gasteiger partial charge in [0, 0.05) is 19.1 Å². The first kappa shape index (κ1) is 24.9. The molecule has 6 nitrogen and oxygen atoms in total. The number of sulfonamides is 2. The average Bonchev–Trinajstić information content (AvgIpc) is 2.73. The quantitative estimate of drug-likeness (QED) is 0.648. The Morgan fingerprint density at radius 1 is 0.906 bits per heavy atom. The van der Waals surface area contributed by atoms with Crippen molar-refractivity contribution in [3.63, 3.8) is 0 Å². The van der Waals surface area contributed by atoms with Gasteiger partial charge in [0.1, 0.15) is 0 Å². The van der Waals surface area contributed by atoms with E-state index in [2.05, 4.69) is 4.72 Å². The molecule has 0 radical (unpaired) electrons. The van der Waals surface area contributed by atoms with Gasteiger partial charge in [-0.05, 0) is 88.3 Å². The highest BCUT2D eigenvalue weighted by Crippen LogP contribution is 2.28. The summed E-state index contributed by atoms with van der Waals surface area (Å²) >= 11 is 0. The van der Waals surface area contributed by atoms with Gasteiger partial charge < -0.3 is 0 Å². The molecule has 0 aliphatic carbocycles. The van der Waals surface area contributed by atoms with Gasteiger partial charge in [0.15, 0.2) is 0 Å². The summed E-state index contributed by atoms with van der Waals surface area (Å²) in [6.07, 6.45) is 2.92. The standard InChI is InChI=1S/C24H34N2O4S2/c1-17-9-11-23(12-10-17)32(29,30)26-15-7-6-8-22(26)13-14-25-31(27,28)24-20(4)18(2)16-19(3)21(24)5/h9-12,16,22,25H,6-8,13-15H2,1-5H3. The van der Waals surface area contributed by atoms with Crippen molar-refractivity contribution >= 4 is 20.0 Å². The van der Waals surface area contributed by atoms with Gasteiger partial charge in [-0.1, -0.05) is 30.2 Å². The molecule has 0 bridgehead atoms. The maximum absolute atomic E-state index is 13.2. The zero-order valence-electron chi connectivity index (χ0n) is 19.6. The molecule has 1 saturated heterocycles. The van der Waals surface area contributed by atoms with Crippen molar-refractivity contribution in [1.29, 1.82) is 0 Å². The predicted octanol–water partition coefficient (Wildman–Crippen LogP) is 4.14. The Labute approximate surface area is 193 Å². The Morgan fingerprint density at radius 3 is 2.09 bits per heavy atom. The maximum Gasteiger partial charge on any atom is 0.243 e. The van der Waals surface area contributed by atoms with Crippen LogP contribution in [0.5, 0.6) is 0 Å². The Morgan fingerprint density at radius 2 is 1.50 bits per heavy atom. The SMILES string of the molecule is Cc1ccc(S(=O)(=O)N2CCCCC2CCNS(=O)(=O)c2c(C)c(C)cc(C)c2C)cc1. The van der Waals surface area contributed by atoms with Crippen molar-refractivity contribution in [2.75, 3.05) is 13.1 Å². The van der Waals surface area contributed by atoms with Crippen molar-refractivity contribution in [3.8, 4) is 0 Å². The molecule has 1 N–H and O–H groups in total. The van der Waals surface area contributed by atoms with E-state index in [0.29, 0.717) is 17.9 Å². The number of rotatable bonds is 7. The summed E-state index contributed by atoms with van der Waals surface area (Å²) in [7, 11) is -7.31. The molecular formula is C24H34N2O4S2. The van der Waals surface area contributed by atoms with E-state index in [1.807, 2.05) is 40.7 Å². The third-order valence-corrected chi connectivity index (χ3v) is 10.2. The minimum absolute atomic E-state index is 0.193. The fourth-order valence-electron chi connectivity index (χ4n) is 4.44. The van der Waals surface area contributed by atoms with E-state index < -0.39 is 20.0 Å². The van der Waals surface area contributed by atoms with Crippen LogP contribution in [-0.4, -0.2) is 40.3 Å². The van der Waals surface area contributed by atoms with E-state index >= 15 is 0 Å². The Bertz CT molecular complexity index is 1160. The maximum atomic E-state index is 13.2. The molecule has 176 valence electrons. The van der Waals surface area contributed by atoms with Crippen molar-refractivity contribution < 1.29 is 16.8 Å². The number of aryl methyl sites for hydroxylation is 3. The van der Waals surface area contributed by atoms with Gasteiger partial charge in [0.25, 0.3) is 0 Å². The van der Waals surface area contributed by atoms with Crippen LogP contribution in [0, 0.1) is 34.6 Å². The summed E-state index contributed by atoms with van der Waals surface area (Å²) in [4.78, 5) is 0.625. The van der Waals surface area contributed by atoms with E-state index in [4.69, 9.17) is 0 Å². The van der Waals surface area contributed by atoms with Gasteiger partial charge in [-0.3, -0.25) is 0 Å². The lowest BCUT2D eigenvalue weighted by molar-refractivity contribution is 0.242. The highest BCUT2D eigenvalue weighted by molar-refractivity contribution is 7.89. The second-order valence-corrected chi connectivity index (χ2v) is 12.4. The first-order valence-electron chi connectivity index (χ1n) is 11.1. The van der Waals surface area contributed by atoms with Crippen LogP contribution in [-0.2, 0) is 20.0 Å². The van der Waals surface area contributed by atoms with Gasteiger partial charge in [-0.15, -0.1) is 0 Å². The summed E-state index contributed by atoms with van der Waals surface area (Å²) in [5.74, 6) is 0. The Hall–Kier alpha value is -1.74. The first-order valence-corrected chi connectivity index (χ1v) is 14.0. The molecule has 2 aromatic rings. The minimum Gasteiger partial charge on any atom is -0.211 e. The molecule has 32 heavy (non-hydrogen) atoms. The van der Waals surface area contributed by atoms with Crippen molar-refractivity contribution in [3.05, 3.63) is 58.1 Å². The van der Waals surface area contributed by atoms with E-state index in [-0.39, 0.29) is 17.5 Å². The molecule has 1 atom stereocenters. The second kappa shape index (κ2) is 9.63. The lowest BCUT2D eigenvalue weighted by Gasteiger charge is -2.34. The molecule has 1 aliphatic heterocycles. The summed E-state index contributed by atoms with van der Waals surface area (Å²) in [5.41, 5.74) is 4.39. The zero-order valence-corrected chi connectivity index (χ0v) is 21.2. The van der Waals surface area contributed by atoms with Crippen molar-refractivity contribution in [2.45, 2.75) is 76.1 Å².